The number of carboxylic acid groups (broad SMARTS) is 2. The second kappa shape index (κ2) is 12.5. The summed E-state index contributed by atoms with van der Waals surface area (Å²) in [4.78, 5) is 57.5. The number of carbonyl (C=O) groups is 5. The molecular weight excluding hydrogens is 374 g/mol. The van der Waals surface area contributed by atoms with Gasteiger partial charge < -0.3 is 30.5 Å². The van der Waals surface area contributed by atoms with Crippen LogP contribution in [0.3, 0.4) is 0 Å². The van der Waals surface area contributed by atoms with E-state index in [0.29, 0.717) is 0 Å². The van der Waals surface area contributed by atoms with Crippen molar-refractivity contribution in [2.45, 2.75) is 52.1 Å². The van der Waals surface area contributed by atoms with E-state index in [4.69, 9.17) is 14.9 Å². The molecule has 0 aliphatic rings. The van der Waals surface area contributed by atoms with Gasteiger partial charge in [-0.1, -0.05) is 0 Å². The number of carboxylic acids is 2. The summed E-state index contributed by atoms with van der Waals surface area (Å²) in [6.45, 7) is 5.46. The first-order valence-corrected chi connectivity index (χ1v) is 8.85. The first kappa shape index (κ1) is 25.1. The Hall–Kier alpha value is -2.85. The second-order valence-electron chi connectivity index (χ2n) is 6.95. The minimum absolute atomic E-state index is 0.0880. The predicted molar refractivity (Wildman–Crippen MR) is 97.6 cm³/mol. The summed E-state index contributed by atoms with van der Waals surface area (Å²) in [5, 5.41) is 22.1. The molecule has 0 saturated carbocycles. The molecule has 0 saturated heterocycles. The highest BCUT2D eigenvalue weighted by Gasteiger charge is 2.22. The van der Waals surface area contributed by atoms with Crippen molar-refractivity contribution in [1.29, 1.82) is 0 Å². The molecule has 0 aliphatic heterocycles. The summed E-state index contributed by atoms with van der Waals surface area (Å²) in [6, 6.07) is 0. The van der Waals surface area contributed by atoms with E-state index in [9.17, 15) is 24.0 Å². The molecule has 0 atom stereocenters. The number of nitrogens with one attached hydrogen (secondary N) is 2. The number of ether oxygens (including phenoxy) is 1. The van der Waals surface area contributed by atoms with Crippen molar-refractivity contribution in [3.63, 3.8) is 0 Å². The van der Waals surface area contributed by atoms with Gasteiger partial charge in [0.15, 0.2) is 0 Å². The van der Waals surface area contributed by atoms with Crippen LogP contribution < -0.4 is 10.6 Å². The van der Waals surface area contributed by atoms with Crippen molar-refractivity contribution in [3.05, 3.63) is 0 Å². The molecule has 0 aromatic heterocycles. The zero-order chi connectivity index (χ0) is 21.7. The van der Waals surface area contributed by atoms with Crippen LogP contribution in [0.5, 0.6) is 0 Å². The van der Waals surface area contributed by atoms with E-state index in [1.807, 2.05) is 0 Å². The summed E-state index contributed by atoms with van der Waals surface area (Å²) in [6.07, 6.45) is -1.54. The lowest BCUT2D eigenvalue weighted by molar-refractivity contribution is -0.139. The Bertz CT molecular complexity index is 535. The zero-order valence-corrected chi connectivity index (χ0v) is 16.4. The minimum atomic E-state index is -1.08. The molecule has 0 bridgehead atoms. The summed E-state index contributed by atoms with van der Waals surface area (Å²) >= 11 is 0. The van der Waals surface area contributed by atoms with Crippen molar-refractivity contribution < 1.29 is 38.9 Å². The molecule has 0 unspecified atom stereocenters. The Kier molecular flexibility index (Phi) is 11.2. The lowest BCUT2D eigenvalue weighted by Gasteiger charge is -2.27. The van der Waals surface area contributed by atoms with Crippen LogP contribution in [-0.2, 0) is 23.9 Å². The van der Waals surface area contributed by atoms with E-state index < -0.39 is 35.4 Å². The van der Waals surface area contributed by atoms with Crippen LogP contribution in [0.25, 0.3) is 0 Å². The van der Waals surface area contributed by atoms with Crippen LogP contribution in [0.15, 0.2) is 0 Å². The fourth-order valence-corrected chi connectivity index (χ4v) is 1.90. The summed E-state index contributed by atoms with van der Waals surface area (Å²) in [5.41, 5.74) is -0.731. The average molecular weight is 403 g/mol. The molecule has 0 aromatic rings. The van der Waals surface area contributed by atoms with E-state index in [-0.39, 0.29) is 51.9 Å². The smallest absolute Gasteiger partial charge is 0.410 e. The summed E-state index contributed by atoms with van der Waals surface area (Å²) in [7, 11) is 0. The Balaban J connectivity index is 4.52. The maximum absolute atomic E-state index is 12.3. The first-order chi connectivity index (χ1) is 12.9. The number of aliphatic carboxylic acids is 2. The number of hydrogen-bond donors (Lipinski definition) is 4. The van der Waals surface area contributed by atoms with Gasteiger partial charge in [0.05, 0.1) is 12.8 Å². The van der Waals surface area contributed by atoms with Crippen LogP contribution in [0.1, 0.15) is 46.5 Å². The molecule has 28 heavy (non-hydrogen) atoms. The fraction of sp³-hybridized carbons (Fsp3) is 0.706. The predicted octanol–water partition coefficient (Wildman–Crippen LogP) is 0.186. The first-order valence-electron chi connectivity index (χ1n) is 8.85. The van der Waals surface area contributed by atoms with E-state index >= 15 is 0 Å². The average Bonchev–Trinajstić information content (AvgIpc) is 2.55. The molecule has 11 nitrogen and oxygen atoms in total. The Morgan fingerprint density at radius 3 is 1.50 bits per heavy atom. The maximum atomic E-state index is 12.3. The number of carbonyl (C=O) groups excluding carboxylic acids is 3. The van der Waals surface area contributed by atoms with Crippen LogP contribution in [0.2, 0.25) is 0 Å². The van der Waals surface area contributed by atoms with Gasteiger partial charge in [-0.25, -0.2) is 4.79 Å². The maximum Gasteiger partial charge on any atom is 0.410 e. The van der Waals surface area contributed by atoms with Crippen LogP contribution in [-0.4, -0.2) is 76.7 Å². The van der Waals surface area contributed by atoms with E-state index in [1.54, 1.807) is 20.8 Å². The van der Waals surface area contributed by atoms with Gasteiger partial charge in [0.2, 0.25) is 11.8 Å². The van der Waals surface area contributed by atoms with Crippen molar-refractivity contribution >= 4 is 29.8 Å². The van der Waals surface area contributed by atoms with Crippen molar-refractivity contribution in [2.24, 2.45) is 0 Å². The quantitative estimate of drug-likeness (QED) is 0.359. The summed E-state index contributed by atoms with van der Waals surface area (Å²) < 4.78 is 5.28. The molecular formula is C17H29N3O8. The number of nitrogens with zero attached hydrogens (tertiary/aromatic N) is 1. The van der Waals surface area contributed by atoms with E-state index in [1.165, 1.54) is 4.90 Å². The normalized spacial score (nSPS) is 10.7. The molecule has 0 heterocycles. The highest BCUT2D eigenvalue weighted by molar-refractivity contribution is 5.81. The number of hydrogen-bond acceptors (Lipinski definition) is 6. The van der Waals surface area contributed by atoms with E-state index in [0.717, 1.165) is 0 Å². The van der Waals surface area contributed by atoms with Gasteiger partial charge in [-0.2, -0.15) is 0 Å². The molecule has 4 N–H and O–H groups in total. The second-order valence-corrected chi connectivity index (χ2v) is 6.95. The van der Waals surface area contributed by atoms with Crippen LogP contribution >= 0.6 is 0 Å². The molecule has 160 valence electrons. The van der Waals surface area contributed by atoms with Gasteiger partial charge >= 0.3 is 18.0 Å². The molecule has 0 aromatic carbocycles. The topological polar surface area (TPSA) is 162 Å². The van der Waals surface area contributed by atoms with E-state index in [2.05, 4.69) is 10.6 Å². The lowest BCUT2D eigenvalue weighted by Crippen LogP contribution is -2.44. The standard InChI is InChI=1S/C17H29N3O8/c1-17(2,3)28-16(27)20(10-8-18-12(21)4-6-14(23)24)11-9-19-13(22)5-7-15(25)26/h4-11H2,1-3H3,(H,18,21)(H,19,22)(H,23,24)(H,25,26). The molecule has 0 spiro atoms. The SMILES string of the molecule is CC(C)(C)OC(=O)N(CCNC(=O)CCC(=O)O)CCNC(=O)CCC(=O)O. The van der Waals surface area contributed by atoms with Gasteiger partial charge in [-0.05, 0) is 20.8 Å². The fourth-order valence-electron chi connectivity index (χ4n) is 1.90. The monoisotopic (exact) mass is 403 g/mol. The van der Waals surface area contributed by atoms with Crippen molar-refractivity contribution in [2.75, 3.05) is 26.2 Å². The van der Waals surface area contributed by atoms with Gasteiger partial charge in [-0.3, -0.25) is 19.2 Å². The van der Waals surface area contributed by atoms with Crippen LogP contribution in [0, 0.1) is 0 Å². The molecule has 0 aliphatic carbocycles. The van der Waals surface area contributed by atoms with Gasteiger partial charge in [0.25, 0.3) is 0 Å². The zero-order valence-electron chi connectivity index (χ0n) is 16.4. The van der Waals surface area contributed by atoms with Gasteiger partial charge in [-0.15, -0.1) is 0 Å². The third-order valence-electron chi connectivity index (χ3n) is 3.19. The molecule has 0 radical (unpaired) electrons. The minimum Gasteiger partial charge on any atom is -0.481 e. The largest absolute Gasteiger partial charge is 0.481 e. The molecule has 0 rings (SSSR count). The molecule has 3 amide bonds. The Labute approximate surface area is 163 Å². The van der Waals surface area contributed by atoms with Crippen molar-refractivity contribution in [3.8, 4) is 0 Å². The molecule has 11 heteroatoms. The Morgan fingerprint density at radius 1 is 0.786 bits per heavy atom. The third kappa shape index (κ3) is 14.3. The lowest BCUT2D eigenvalue weighted by atomic mass is 10.2. The van der Waals surface area contributed by atoms with Crippen molar-refractivity contribution in [1.82, 2.24) is 15.5 Å². The Morgan fingerprint density at radius 2 is 1.18 bits per heavy atom. The van der Waals surface area contributed by atoms with Crippen LogP contribution in [0.4, 0.5) is 4.79 Å². The number of amides is 3. The molecule has 0 fully saturated rings. The van der Waals surface area contributed by atoms with Gasteiger partial charge in [0, 0.05) is 39.0 Å². The highest BCUT2D eigenvalue weighted by Crippen LogP contribution is 2.09. The summed E-state index contributed by atoms with van der Waals surface area (Å²) in [5.74, 6) is -3.06. The van der Waals surface area contributed by atoms with Gasteiger partial charge in [0.1, 0.15) is 5.60 Å². The highest BCUT2D eigenvalue weighted by atomic mass is 16.6. The third-order valence-corrected chi connectivity index (χ3v) is 3.19. The number of rotatable bonds is 12.